The summed E-state index contributed by atoms with van der Waals surface area (Å²) in [5.41, 5.74) is 3.75. The predicted octanol–water partition coefficient (Wildman–Crippen LogP) is 3.88. The summed E-state index contributed by atoms with van der Waals surface area (Å²) in [5.74, 6) is 0.491. The van der Waals surface area contributed by atoms with Gasteiger partial charge in [0.1, 0.15) is 5.01 Å². The van der Waals surface area contributed by atoms with Crippen LogP contribution in [-0.4, -0.2) is 12.0 Å². The second-order valence-corrected chi connectivity index (χ2v) is 5.79. The second kappa shape index (κ2) is 5.63. The number of rotatable bonds is 4. The van der Waals surface area contributed by atoms with Crippen molar-refractivity contribution in [1.29, 1.82) is 0 Å². The number of aromatic nitrogens is 1. The number of hydrogen-bond acceptors (Lipinski definition) is 3. The fourth-order valence-electron chi connectivity index (χ4n) is 1.98. The van der Waals surface area contributed by atoms with Crippen LogP contribution in [0.2, 0.25) is 0 Å². The highest BCUT2D eigenvalue weighted by Crippen LogP contribution is 2.27. The summed E-state index contributed by atoms with van der Waals surface area (Å²) in [4.78, 5) is 4.74. The van der Waals surface area contributed by atoms with Crippen LogP contribution in [0.1, 0.15) is 47.6 Å². The van der Waals surface area contributed by atoms with Crippen LogP contribution < -0.4 is 5.32 Å². The number of nitrogens with one attached hydrogen (secondary N) is 1. The minimum Gasteiger partial charge on any atom is -0.307 e. The van der Waals surface area contributed by atoms with Crippen LogP contribution in [0.15, 0.2) is 29.6 Å². The number of thiazole rings is 1. The lowest BCUT2D eigenvalue weighted by molar-refractivity contribution is 0.678. The maximum atomic E-state index is 4.74. The summed E-state index contributed by atoms with van der Waals surface area (Å²) in [5, 5.41) is 6.67. The molecule has 0 aliphatic rings. The van der Waals surface area contributed by atoms with Crippen molar-refractivity contribution in [3.05, 3.63) is 51.5 Å². The molecule has 18 heavy (non-hydrogen) atoms. The molecule has 0 spiro atoms. The van der Waals surface area contributed by atoms with Crippen molar-refractivity contribution in [1.82, 2.24) is 10.3 Å². The zero-order valence-corrected chi connectivity index (χ0v) is 12.2. The molecule has 0 fully saturated rings. The summed E-state index contributed by atoms with van der Waals surface area (Å²) in [7, 11) is 1.99. The van der Waals surface area contributed by atoms with Gasteiger partial charge in [0.2, 0.25) is 0 Å². The SMILES string of the molecule is CNC(c1cccc(C)c1)c1nc(C(C)C)cs1. The van der Waals surface area contributed by atoms with Crippen LogP contribution >= 0.6 is 11.3 Å². The second-order valence-electron chi connectivity index (χ2n) is 4.90. The van der Waals surface area contributed by atoms with Gasteiger partial charge in [-0.15, -0.1) is 11.3 Å². The highest BCUT2D eigenvalue weighted by Gasteiger charge is 2.16. The lowest BCUT2D eigenvalue weighted by Gasteiger charge is -2.14. The molecule has 0 radical (unpaired) electrons. The largest absolute Gasteiger partial charge is 0.307 e. The predicted molar refractivity (Wildman–Crippen MR) is 78.3 cm³/mol. The summed E-state index contributed by atoms with van der Waals surface area (Å²) < 4.78 is 0. The van der Waals surface area contributed by atoms with Crippen LogP contribution in [0.4, 0.5) is 0 Å². The van der Waals surface area contributed by atoms with Gasteiger partial charge in [0, 0.05) is 5.38 Å². The molecule has 1 atom stereocenters. The first kappa shape index (κ1) is 13.2. The van der Waals surface area contributed by atoms with E-state index in [1.54, 1.807) is 11.3 Å². The molecule has 1 N–H and O–H groups in total. The van der Waals surface area contributed by atoms with Gasteiger partial charge in [-0.3, -0.25) is 0 Å². The maximum absolute atomic E-state index is 4.74. The summed E-state index contributed by atoms with van der Waals surface area (Å²) in [6.45, 7) is 6.48. The first-order valence-electron chi connectivity index (χ1n) is 6.31. The minimum absolute atomic E-state index is 0.197. The summed E-state index contributed by atoms with van der Waals surface area (Å²) >= 11 is 1.74. The van der Waals surface area contributed by atoms with Gasteiger partial charge in [0.05, 0.1) is 11.7 Å². The third-order valence-corrected chi connectivity index (χ3v) is 3.97. The third-order valence-electron chi connectivity index (χ3n) is 3.04. The number of hydrogen-bond donors (Lipinski definition) is 1. The summed E-state index contributed by atoms with van der Waals surface area (Å²) in [6.07, 6.45) is 0. The lowest BCUT2D eigenvalue weighted by Crippen LogP contribution is -2.17. The molecule has 0 saturated carbocycles. The monoisotopic (exact) mass is 260 g/mol. The molecular weight excluding hydrogens is 240 g/mol. The summed E-state index contributed by atoms with van der Waals surface area (Å²) in [6, 6.07) is 8.80. The van der Waals surface area contributed by atoms with Crippen LogP contribution in [0.3, 0.4) is 0 Å². The average molecular weight is 260 g/mol. The van der Waals surface area contributed by atoms with E-state index in [-0.39, 0.29) is 6.04 Å². The molecule has 0 saturated heterocycles. The zero-order valence-electron chi connectivity index (χ0n) is 11.4. The average Bonchev–Trinajstić information content (AvgIpc) is 2.80. The lowest BCUT2D eigenvalue weighted by atomic mass is 10.1. The number of benzene rings is 1. The van der Waals surface area contributed by atoms with E-state index in [0.717, 1.165) is 5.01 Å². The van der Waals surface area contributed by atoms with E-state index in [2.05, 4.69) is 55.7 Å². The smallest absolute Gasteiger partial charge is 0.114 e. The van der Waals surface area contributed by atoms with Gasteiger partial charge in [0.15, 0.2) is 0 Å². The molecule has 2 nitrogen and oxygen atoms in total. The van der Waals surface area contributed by atoms with E-state index in [1.807, 2.05) is 7.05 Å². The highest BCUT2D eigenvalue weighted by atomic mass is 32.1. The molecule has 2 aromatic rings. The number of nitrogens with zero attached hydrogens (tertiary/aromatic N) is 1. The minimum atomic E-state index is 0.197. The van der Waals surface area contributed by atoms with Crippen LogP contribution in [0.25, 0.3) is 0 Å². The van der Waals surface area contributed by atoms with Crippen molar-refractivity contribution in [2.45, 2.75) is 32.7 Å². The van der Waals surface area contributed by atoms with Crippen molar-refractivity contribution in [3.8, 4) is 0 Å². The van der Waals surface area contributed by atoms with E-state index in [9.17, 15) is 0 Å². The molecule has 0 bridgehead atoms. The molecule has 1 unspecified atom stereocenters. The van der Waals surface area contributed by atoms with Gasteiger partial charge in [-0.25, -0.2) is 4.98 Å². The number of aryl methyl sites for hydroxylation is 1. The Hall–Kier alpha value is -1.19. The Balaban J connectivity index is 2.33. The molecule has 0 amide bonds. The van der Waals surface area contributed by atoms with Gasteiger partial charge in [-0.2, -0.15) is 0 Å². The quantitative estimate of drug-likeness (QED) is 0.902. The van der Waals surface area contributed by atoms with Gasteiger partial charge in [0.25, 0.3) is 0 Å². The van der Waals surface area contributed by atoms with Crippen molar-refractivity contribution in [2.24, 2.45) is 0 Å². The van der Waals surface area contributed by atoms with Crippen molar-refractivity contribution in [3.63, 3.8) is 0 Å². The Morgan fingerprint density at radius 1 is 1.28 bits per heavy atom. The van der Waals surface area contributed by atoms with Crippen molar-refractivity contribution in [2.75, 3.05) is 7.05 Å². The van der Waals surface area contributed by atoms with E-state index in [0.29, 0.717) is 5.92 Å². The van der Waals surface area contributed by atoms with Crippen molar-refractivity contribution >= 4 is 11.3 Å². The Bertz CT molecular complexity index is 517. The Kier molecular flexibility index (Phi) is 4.15. The van der Waals surface area contributed by atoms with E-state index in [4.69, 9.17) is 4.98 Å². The Morgan fingerprint density at radius 3 is 2.61 bits per heavy atom. The maximum Gasteiger partial charge on any atom is 0.114 e. The Labute approximate surface area is 113 Å². The first-order valence-corrected chi connectivity index (χ1v) is 7.19. The standard InChI is InChI=1S/C15H20N2S/c1-10(2)13-9-18-15(17-13)14(16-4)12-7-5-6-11(3)8-12/h5-10,14,16H,1-4H3. The van der Waals surface area contributed by atoms with E-state index >= 15 is 0 Å². The van der Waals surface area contributed by atoms with Gasteiger partial charge < -0.3 is 5.32 Å². The molecule has 1 aromatic carbocycles. The van der Waals surface area contributed by atoms with Crippen LogP contribution in [-0.2, 0) is 0 Å². The highest BCUT2D eigenvalue weighted by molar-refractivity contribution is 7.09. The van der Waals surface area contributed by atoms with Crippen LogP contribution in [0.5, 0.6) is 0 Å². The van der Waals surface area contributed by atoms with Crippen molar-refractivity contribution < 1.29 is 0 Å². The molecular formula is C15H20N2S. The molecule has 3 heteroatoms. The van der Waals surface area contributed by atoms with Gasteiger partial charge in [-0.05, 0) is 25.5 Å². The van der Waals surface area contributed by atoms with E-state index in [1.165, 1.54) is 16.8 Å². The van der Waals surface area contributed by atoms with Gasteiger partial charge >= 0.3 is 0 Å². The molecule has 96 valence electrons. The fraction of sp³-hybridized carbons (Fsp3) is 0.400. The molecule has 0 aliphatic heterocycles. The first-order chi connectivity index (χ1) is 8.61. The molecule has 1 heterocycles. The molecule has 2 rings (SSSR count). The zero-order chi connectivity index (χ0) is 13.1. The third kappa shape index (κ3) is 2.79. The Morgan fingerprint density at radius 2 is 2.06 bits per heavy atom. The topological polar surface area (TPSA) is 24.9 Å². The van der Waals surface area contributed by atoms with E-state index < -0.39 is 0 Å². The van der Waals surface area contributed by atoms with Gasteiger partial charge in [-0.1, -0.05) is 43.7 Å². The van der Waals surface area contributed by atoms with Crippen LogP contribution in [0, 0.1) is 6.92 Å². The fourth-order valence-corrected chi connectivity index (χ4v) is 3.10. The normalized spacial score (nSPS) is 12.9. The molecule has 0 aliphatic carbocycles. The molecule has 1 aromatic heterocycles.